The number of ketones is 2. The zero-order valence-corrected chi connectivity index (χ0v) is 18.1. The van der Waals surface area contributed by atoms with Crippen molar-refractivity contribution in [2.75, 3.05) is 11.5 Å². The van der Waals surface area contributed by atoms with Crippen molar-refractivity contribution in [3.05, 3.63) is 57.6 Å². The summed E-state index contributed by atoms with van der Waals surface area (Å²) in [6.45, 7) is 0. The van der Waals surface area contributed by atoms with E-state index in [1.165, 1.54) is 36.4 Å². The molecule has 10 nitrogen and oxygen atoms in total. The van der Waals surface area contributed by atoms with E-state index >= 15 is 0 Å². The van der Waals surface area contributed by atoms with Gasteiger partial charge in [-0.2, -0.15) is 0 Å². The molecule has 0 heterocycles. The van der Waals surface area contributed by atoms with Gasteiger partial charge in [-0.05, 0) is 36.4 Å². The monoisotopic (exact) mass is 484 g/mol. The topological polar surface area (TPSA) is 213 Å². The lowest BCUT2D eigenvalue weighted by atomic mass is 10.0. The summed E-state index contributed by atoms with van der Waals surface area (Å²) in [5.74, 6) is -3.27. The van der Waals surface area contributed by atoms with E-state index in [4.69, 9.17) is 56.3 Å². The van der Waals surface area contributed by atoms with Crippen molar-refractivity contribution in [2.24, 2.45) is 11.5 Å². The zero-order chi connectivity index (χ0) is 24.6. The second-order valence-corrected chi connectivity index (χ2v) is 7.48. The molecule has 12 heteroatoms. The van der Waals surface area contributed by atoms with E-state index in [-0.39, 0.29) is 35.3 Å². The summed E-state index contributed by atoms with van der Waals surface area (Å²) < 4.78 is 0. The van der Waals surface area contributed by atoms with Gasteiger partial charge in [0.25, 0.3) is 0 Å². The molecule has 0 spiro atoms. The van der Waals surface area contributed by atoms with Gasteiger partial charge in [0.2, 0.25) is 0 Å². The van der Waals surface area contributed by atoms with Gasteiger partial charge in [-0.3, -0.25) is 19.2 Å². The fourth-order valence-corrected chi connectivity index (χ4v) is 2.73. The maximum atomic E-state index is 11.6. The molecule has 0 amide bonds. The number of Topliss-reactive ketones (excluding diaryl/α,β-unsaturated/α-hetero) is 2. The number of nitrogens with two attached hydrogens (primary N) is 4. The van der Waals surface area contributed by atoms with Crippen LogP contribution >= 0.6 is 23.2 Å². The highest BCUT2D eigenvalue weighted by Gasteiger charge is 2.20. The lowest BCUT2D eigenvalue weighted by molar-refractivity contribution is -0.139. The van der Waals surface area contributed by atoms with Gasteiger partial charge in [-0.1, -0.05) is 23.2 Å². The minimum atomic E-state index is -1.22. The molecule has 1 unspecified atom stereocenters. The first-order valence-electron chi connectivity index (χ1n) is 8.96. The minimum absolute atomic E-state index is 0.218. The lowest BCUT2D eigenvalue weighted by Gasteiger charge is -2.07. The molecule has 172 valence electrons. The van der Waals surface area contributed by atoms with Crippen LogP contribution in [0.15, 0.2) is 36.4 Å². The third-order valence-electron chi connectivity index (χ3n) is 4.07. The van der Waals surface area contributed by atoms with Gasteiger partial charge in [-0.15, -0.1) is 0 Å². The van der Waals surface area contributed by atoms with Crippen molar-refractivity contribution < 1.29 is 29.4 Å². The highest BCUT2D eigenvalue weighted by Crippen LogP contribution is 2.20. The van der Waals surface area contributed by atoms with Crippen LogP contribution in [-0.4, -0.2) is 45.8 Å². The Labute approximate surface area is 193 Å². The number of anilines is 2. The second kappa shape index (κ2) is 12.0. The Morgan fingerprint density at radius 2 is 1.03 bits per heavy atom. The van der Waals surface area contributed by atoms with E-state index in [1.54, 1.807) is 0 Å². The van der Waals surface area contributed by atoms with Gasteiger partial charge in [0.05, 0.1) is 0 Å². The van der Waals surface area contributed by atoms with Crippen LogP contribution in [-0.2, 0) is 9.59 Å². The van der Waals surface area contributed by atoms with Crippen molar-refractivity contribution in [3.8, 4) is 0 Å². The SMILES string of the molecule is Nc1cc(Cl)ccc1C(=O)CC(N)C(=O)O.Nc1cc(Cl)ccc1C(=O)C[C@H](N)C(=O)O. The quantitative estimate of drug-likeness (QED) is 0.236. The molecular formula is C20H22Cl2N4O6. The average Bonchev–Trinajstić information content (AvgIpc) is 2.67. The smallest absolute Gasteiger partial charge is 0.320 e. The molecule has 0 saturated carbocycles. The summed E-state index contributed by atoms with van der Waals surface area (Å²) in [6.07, 6.45) is -0.581. The van der Waals surface area contributed by atoms with E-state index in [0.29, 0.717) is 10.0 Å². The van der Waals surface area contributed by atoms with E-state index in [9.17, 15) is 19.2 Å². The molecule has 0 aromatic heterocycles. The largest absolute Gasteiger partial charge is 0.480 e. The summed E-state index contributed by atoms with van der Waals surface area (Å²) in [5, 5.41) is 18.0. The number of aliphatic carboxylic acids is 2. The summed E-state index contributed by atoms with van der Waals surface area (Å²) in [6, 6.07) is 6.35. The average molecular weight is 485 g/mol. The van der Waals surface area contributed by atoms with Gasteiger partial charge in [0, 0.05) is 45.4 Å². The Bertz CT molecular complexity index is 950. The van der Waals surface area contributed by atoms with Gasteiger partial charge in [0.1, 0.15) is 12.1 Å². The zero-order valence-electron chi connectivity index (χ0n) is 16.6. The third kappa shape index (κ3) is 8.16. The molecule has 0 bridgehead atoms. The van der Waals surface area contributed by atoms with Gasteiger partial charge in [0.15, 0.2) is 11.6 Å². The van der Waals surface area contributed by atoms with Crippen LogP contribution in [0.25, 0.3) is 0 Å². The predicted octanol–water partition coefficient (Wildman–Crippen LogP) is 1.81. The summed E-state index contributed by atoms with van der Waals surface area (Å²) >= 11 is 11.3. The Kier molecular flexibility index (Phi) is 10.1. The van der Waals surface area contributed by atoms with Crippen molar-refractivity contribution >= 4 is 58.1 Å². The number of benzene rings is 2. The molecule has 10 N–H and O–H groups in total. The number of carbonyl (C=O) groups is 4. The lowest BCUT2D eigenvalue weighted by Crippen LogP contribution is -2.32. The number of halogens is 2. The summed E-state index contributed by atoms with van der Waals surface area (Å²) in [7, 11) is 0. The van der Waals surface area contributed by atoms with E-state index in [1.807, 2.05) is 0 Å². The first kappa shape index (κ1) is 26.9. The highest BCUT2D eigenvalue weighted by molar-refractivity contribution is 6.31. The fourth-order valence-electron chi connectivity index (χ4n) is 2.37. The number of nitrogen functional groups attached to an aromatic ring is 2. The summed E-state index contributed by atoms with van der Waals surface area (Å²) in [4.78, 5) is 44.2. The van der Waals surface area contributed by atoms with Crippen LogP contribution in [0.4, 0.5) is 11.4 Å². The number of carbonyl (C=O) groups excluding carboxylic acids is 2. The van der Waals surface area contributed by atoms with Crippen LogP contribution in [0.3, 0.4) is 0 Å². The molecule has 0 radical (unpaired) electrons. The minimum Gasteiger partial charge on any atom is -0.480 e. The van der Waals surface area contributed by atoms with Gasteiger partial charge >= 0.3 is 11.9 Å². The molecule has 2 aromatic rings. The highest BCUT2D eigenvalue weighted by atomic mass is 35.5. The van der Waals surface area contributed by atoms with Crippen LogP contribution in [0, 0.1) is 0 Å². The molecule has 0 aliphatic heterocycles. The van der Waals surface area contributed by atoms with Crippen molar-refractivity contribution in [1.82, 2.24) is 0 Å². The number of hydrogen-bond acceptors (Lipinski definition) is 8. The van der Waals surface area contributed by atoms with Gasteiger partial charge < -0.3 is 33.1 Å². The van der Waals surface area contributed by atoms with E-state index in [2.05, 4.69) is 0 Å². The van der Waals surface area contributed by atoms with Crippen LogP contribution in [0.2, 0.25) is 10.0 Å². The molecule has 0 aliphatic rings. The normalized spacial score (nSPS) is 12.1. The fraction of sp³-hybridized carbons (Fsp3) is 0.200. The molecule has 0 aliphatic carbocycles. The summed E-state index contributed by atoms with van der Waals surface area (Å²) in [5.41, 5.74) is 22.6. The third-order valence-corrected chi connectivity index (χ3v) is 4.54. The second-order valence-electron chi connectivity index (χ2n) is 6.61. The maximum Gasteiger partial charge on any atom is 0.320 e. The molecule has 2 aromatic carbocycles. The number of carboxylic acid groups (broad SMARTS) is 2. The first-order chi connectivity index (χ1) is 14.8. The number of carboxylic acids is 2. The Morgan fingerprint density at radius 3 is 1.28 bits per heavy atom. The predicted molar refractivity (Wildman–Crippen MR) is 121 cm³/mol. The first-order valence-corrected chi connectivity index (χ1v) is 9.72. The molecule has 0 fully saturated rings. The molecule has 0 saturated heterocycles. The Morgan fingerprint density at radius 1 is 0.719 bits per heavy atom. The van der Waals surface area contributed by atoms with Crippen molar-refractivity contribution in [1.29, 1.82) is 0 Å². The van der Waals surface area contributed by atoms with Crippen LogP contribution in [0.1, 0.15) is 33.6 Å². The Hall–Kier alpha value is -3.18. The van der Waals surface area contributed by atoms with Gasteiger partial charge in [-0.25, -0.2) is 0 Å². The van der Waals surface area contributed by atoms with Crippen LogP contribution < -0.4 is 22.9 Å². The Balaban J connectivity index is 0.000000320. The number of hydrogen-bond donors (Lipinski definition) is 6. The maximum absolute atomic E-state index is 11.6. The molecule has 32 heavy (non-hydrogen) atoms. The van der Waals surface area contributed by atoms with Crippen molar-refractivity contribution in [2.45, 2.75) is 24.9 Å². The number of rotatable bonds is 8. The molecule has 2 rings (SSSR count). The van der Waals surface area contributed by atoms with E-state index in [0.717, 1.165) is 0 Å². The molecule has 2 atom stereocenters. The molecular weight excluding hydrogens is 463 g/mol. The van der Waals surface area contributed by atoms with Crippen LogP contribution in [0.5, 0.6) is 0 Å². The van der Waals surface area contributed by atoms with E-state index < -0.39 is 35.6 Å². The van der Waals surface area contributed by atoms with Crippen molar-refractivity contribution in [3.63, 3.8) is 0 Å². The standard InChI is InChI=1S/2C10H11ClN2O3/c2*11-5-1-2-6(7(12)3-5)9(14)4-8(13)10(15)16/h2*1-3,8H,4,12-13H2,(H,15,16)/t8-;/m0./s1.